The molecular weight excluding hydrogens is 268 g/mol. The van der Waals surface area contributed by atoms with E-state index in [4.69, 9.17) is 10.5 Å². The number of nitrogens with zero attached hydrogens (tertiary/aromatic N) is 5. The molecule has 3 aromatic heterocycles. The third-order valence-electron chi connectivity index (χ3n) is 3.22. The lowest BCUT2D eigenvalue weighted by Gasteiger charge is -2.10. The van der Waals surface area contributed by atoms with E-state index in [1.165, 1.54) is 0 Å². The average Bonchev–Trinajstić information content (AvgIpc) is 2.90. The molecule has 0 radical (unpaired) electrons. The van der Waals surface area contributed by atoms with Gasteiger partial charge in [-0.3, -0.25) is 0 Å². The summed E-state index contributed by atoms with van der Waals surface area (Å²) in [5.41, 5.74) is 8.65. The third-order valence-corrected chi connectivity index (χ3v) is 3.22. The molecule has 3 aromatic rings. The Kier molecular flexibility index (Phi) is 3.17. The molecule has 0 atom stereocenters. The molecule has 0 amide bonds. The minimum atomic E-state index is 0.214. The largest absolute Gasteiger partial charge is 0.479 e. The van der Waals surface area contributed by atoms with Crippen molar-refractivity contribution in [1.29, 1.82) is 0 Å². The molecule has 0 fully saturated rings. The first-order valence-electron chi connectivity index (χ1n) is 6.60. The summed E-state index contributed by atoms with van der Waals surface area (Å²) in [6.45, 7) is 4.19. The van der Waals surface area contributed by atoms with Crippen LogP contribution in [0.2, 0.25) is 0 Å². The van der Waals surface area contributed by atoms with Crippen molar-refractivity contribution in [2.45, 2.75) is 19.9 Å². The normalized spacial score (nSPS) is 11.2. The summed E-state index contributed by atoms with van der Waals surface area (Å²) >= 11 is 0. The van der Waals surface area contributed by atoms with Gasteiger partial charge in [-0.2, -0.15) is 0 Å². The molecule has 3 rings (SSSR count). The van der Waals surface area contributed by atoms with Crippen molar-refractivity contribution in [3.63, 3.8) is 0 Å². The first-order chi connectivity index (χ1) is 10.1. The van der Waals surface area contributed by atoms with Gasteiger partial charge in [-0.25, -0.2) is 19.9 Å². The molecule has 3 heterocycles. The maximum Gasteiger partial charge on any atom is 0.242 e. The zero-order valence-corrected chi connectivity index (χ0v) is 12.1. The molecule has 0 unspecified atom stereocenters. The van der Waals surface area contributed by atoms with E-state index in [0.29, 0.717) is 17.3 Å². The zero-order chi connectivity index (χ0) is 15.0. The lowest BCUT2D eigenvalue weighted by Crippen LogP contribution is -2.01. The number of aromatic nitrogens is 5. The van der Waals surface area contributed by atoms with Gasteiger partial charge >= 0.3 is 0 Å². The van der Waals surface area contributed by atoms with Gasteiger partial charge in [-0.05, 0) is 26.0 Å². The van der Waals surface area contributed by atoms with E-state index >= 15 is 0 Å². The molecular formula is C14H16N6O. The van der Waals surface area contributed by atoms with Gasteiger partial charge in [0, 0.05) is 12.2 Å². The van der Waals surface area contributed by atoms with Crippen LogP contribution in [-0.4, -0.2) is 31.6 Å². The molecule has 2 N–H and O–H groups in total. The number of hydrogen-bond donors (Lipinski definition) is 1. The fourth-order valence-electron chi connectivity index (χ4n) is 2.20. The fourth-order valence-corrected chi connectivity index (χ4v) is 2.20. The number of anilines is 1. The lowest BCUT2D eigenvalue weighted by molar-refractivity contribution is 0.403. The molecule has 0 spiro atoms. The van der Waals surface area contributed by atoms with Gasteiger partial charge in [0.15, 0.2) is 5.52 Å². The van der Waals surface area contributed by atoms with Gasteiger partial charge in [0.2, 0.25) is 11.8 Å². The Hall–Kier alpha value is -2.70. The first kappa shape index (κ1) is 13.3. The van der Waals surface area contributed by atoms with Crippen LogP contribution < -0.4 is 10.5 Å². The van der Waals surface area contributed by atoms with Gasteiger partial charge in [0.25, 0.3) is 0 Å². The van der Waals surface area contributed by atoms with Crippen molar-refractivity contribution in [3.8, 4) is 17.3 Å². The Balaban J connectivity index is 2.26. The number of ether oxygens (including phenoxy) is 1. The van der Waals surface area contributed by atoms with Crippen LogP contribution in [0.5, 0.6) is 5.88 Å². The molecule has 0 saturated heterocycles. The van der Waals surface area contributed by atoms with Crippen molar-refractivity contribution in [1.82, 2.24) is 24.5 Å². The van der Waals surface area contributed by atoms with E-state index in [1.54, 1.807) is 25.7 Å². The molecule has 0 aromatic carbocycles. The summed E-state index contributed by atoms with van der Waals surface area (Å²) < 4.78 is 7.41. The molecule has 108 valence electrons. The van der Waals surface area contributed by atoms with Crippen LogP contribution in [0.3, 0.4) is 0 Å². The summed E-state index contributed by atoms with van der Waals surface area (Å²) in [5, 5.41) is 0. The van der Waals surface area contributed by atoms with Crippen molar-refractivity contribution in [3.05, 3.63) is 24.7 Å². The minimum Gasteiger partial charge on any atom is -0.479 e. The molecule has 0 bridgehead atoms. The molecule has 7 heteroatoms. The molecule has 0 aliphatic rings. The predicted molar refractivity (Wildman–Crippen MR) is 79.9 cm³/mol. The second kappa shape index (κ2) is 5.01. The predicted octanol–water partition coefficient (Wildman–Crippen LogP) is 2.06. The number of hydrogen-bond acceptors (Lipinski definition) is 6. The Morgan fingerprint density at radius 3 is 2.67 bits per heavy atom. The Labute approximate surface area is 121 Å². The number of nitrogen functional groups attached to an aromatic ring is 1. The van der Waals surface area contributed by atoms with Crippen LogP contribution in [-0.2, 0) is 0 Å². The molecule has 0 saturated carbocycles. The Bertz CT molecular complexity index is 795. The van der Waals surface area contributed by atoms with Crippen molar-refractivity contribution in [2.24, 2.45) is 0 Å². The summed E-state index contributed by atoms with van der Waals surface area (Å²) in [7, 11) is 1.58. The molecule has 7 nitrogen and oxygen atoms in total. The number of imidazole rings is 1. The second-order valence-corrected chi connectivity index (χ2v) is 4.93. The maximum atomic E-state index is 5.64. The van der Waals surface area contributed by atoms with Crippen LogP contribution in [0.4, 0.5) is 5.95 Å². The molecule has 21 heavy (non-hydrogen) atoms. The SMILES string of the molecule is COc1nc(-c2ccnc(N)n2)cc2c1ncn2C(C)C. The minimum absolute atomic E-state index is 0.214. The van der Waals surface area contributed by atoms with Gasteiger partial charge < -0.3 is 15.0 Å². The zero-order valence-electron chi connectivity index (χ0n) is 12.1. The van der Waals surface area contributed by atoms with Crippen LogP contribution in [0.15, 0.2) is 24.7 Å². The average molecular weight is 284 g/mol. The van der Waals surface area contributed by atoms with E-state index in [2.05, 4.69) is 38.4 Å². The van der Waals surface area contributed by atoms with Gasteiger partial charge in [-0.15, -0.1) is 0 Å². The lowest BCUT2D eigenvalue weighted by atomic mass is 10.2. The highest BCUT2D eigenvalue weighted by molar-refractivity contribution is 5.84. The standard InChI is InChI=1S/C14H16N6O/c1-8(2)20-7-17-12-11(20)6-10(18-13(12)21-3)9-4-5-16-14(15)19-9/h4-8H,1-3H3,(H2,15,16,19). The number of methoxy groups -OCH3 is 1. The number of pyridine rings is 1. The summed E-state index contributed by atoms with van der Waals surface area (Å²) in [6.07, 6.45) is 3.40. The van der Waals surface area contributed by atoms with Gasteiger partial charge in [0.1, 0.15) is 0 Å². The fraction of sp³-hybridized carbons (Fsp3) is 0.286. The summed E-state index contributed by atoms with van der Waals surface area (Å²) in [6, 6.07) is 3.98. The number of fused-ring (bicyclic) bond motifs is 1. The van der Waals surface area contributed by atoms with Crippen LogP contribution >= 0.6 is 0 Å². The van der Waals surface area contributed by atoms with Crippen molar-refractivity contribution < 1.29 is 4.74 Å². The first-order valence-corrected chi connectivity index (χ1v) is 6.60. The molecule has 0 aliphatic carbocycles. The van der Waals surface area contributed by atoms with Crippen molar-refractivity contribution >= 4 is 17.0 Å². The smallest absolute Gasteiger partial charge is 0.242 e. The van der Waals surface area contributed by atoms with Crippen LogP contribution in [0, 0.1) is 0 Å². The number of nitrogens with two attached hydrogens (primary N) is 1. The highest BCUT2D eigenvalue weighted by Crippen LogP contribution is 2.29. The monoisotopic (exact) mass is 284 g/mol. The Morgan fingerprint density at radius 1 is 1.19 bits per heavy atom. The Morgan fingerprint density at radius 2 is 2.00 bits per heavy atom. The van der Waals surface area contributed by atoms with Gasteiger partial charge in [0.05, 0.1) is 30.3 Å². The van der Waals surface area contributed by atoms with Crippen LogP contribution in [0.25, 0.3) is 22.4 Å². The highest BCUT2D eigenvalue weighted by Gasteiger charge is 2.15. The quantitative estimate of drug-likeness (QED) is 0.791. The highest BCUT2D eigenvalue weighted by atomic mass is 16.5. The third kappa shape index (κ3) is 2.26. The van der Waals surface area contributed by atoms with E-state index in [-0.39, 0.29) is 12.0 Å². The van der Waals surface area contributed by atoms with Crippen molar-refractivity contribution in [2.75, 3.05) is 12.8 Å². The van der Waals surface area contributed by atoms with Crippen LogP contribution in [0.1, 0.15) is 19.9 Å². The molecule has 0 aliphatic heterocycles. The number of rotatable bonds is 3. The topological polar surface area (TPSA) is 91.7 Å². The van der Waals surface area contributed by atoms with E-state index in [0.717, 1.165) is 11.0 Å². The van der Waals surface area contributed by atoms with E-state index in [9.17, 15) is 0 Å². The van der Waals surface area contributed by atoms with E-state index in [1.807, 2.05) is 6.07 Å². The van der Waals surface area contributed by atoms with Gasteiger partial charge in [-0.1, -0.05) is 0 Å². The summed E-state index contributed by atoms with van der Waals surface area (Å²) in [4.78, 5) is 16.9. The maximum absolute atomic E-state index is 5.64. The summed E-state index contributed by atoms with van der Waals surface area (Å²) in [5.74, 6) is 0.685. The second-order valence-electron chi connectivity index (χ2n) is 4.93. The van der Waals surface area contributed by atoms with E-state index < -0.39 is 0 Å².